The van der Waals surface area contributed by atoms with Crippen LogP contribution in [0.3, 0.4) is 0 Å². The van der Waals surface area contributed by atoms with Crippen molar-refractivity contribution in [3.05, 3.63) is 56.1 Å². The summed E-state index contributed by atoms with van der Waals surface area (Å²) >= 11 is 1.47. The second kappa shape index (κ2) is 7.13. The van der Waals surface area contributed by atoms with Gasteiger partial charge in [-0.1, -0.05) is 6.07 Å². The lowest BCUT2D eigenvalue weighted by Crippen LogP contribution is -2.54. The highest BCUT2D eigenvalue weighted by atomic mass is 32.1. The maximum atomic E-state index is 13.4. The lowest BCUT2D eigenvalue weighted by atomic mass is 9.78. The Kier molecular flexibility index (Phi) is 4.57. The number of hydrogen-bond acceptors (Lipinski definition) is 4. The van der Waals surface area contributed by atoms with Gasteiger partial charge in [-0.05, 0) is 49.3 Å². The zero-order chi connectivity index (χ0) is 20.1. The first-order valence-corrected chi connectivity index (χ1v) is 11.3. The number of likely N-dealkylation sites (tertiary alicyclic amines) is 2. The number of thiophene rings is 1. The number of aryl methyl sites for hydroxylation is 1. The predicted octanol–water partition coefficient (Wildman–Crippen LogP) is 2.64. The predicted molar refractivity (Wildman–Crippen MR) is 111 cm³/mol. The normalized spacial score (nSPS) is 25.8. The zero-order valence-corrected chi connectivity index (χ0v) is 17.4. The summed E-state index contributed by atoms with van der Waals surface area (Å²) in [5.74, 6) is 0.154. The standard InChI is InChI=1S/C22H25N3O3S/c1-14-7-10-29-20(14)22(28)24-12-15-11-16(13-24)19(21(27)23-8-2-3-9-23)25-17(15)5-4-6-18(25)26/h4-7,10,15-16,19H,2-3,8-9,11-13H2,1H3/t15-,16+,19+/m0/s1. The van der Waals surface area contributed by atoms with Gasteiger partial charge < -0.3 is 9.80 Å². The van der Waals surface area contributed by atoms with Crippen molar-refractivity contribution < 1.29 is 9.59 Å². The molecule has 2 aromatic rings. The van der Waals surface area contributed by atoms with Gasteiger partial charge in [0.15, 0.2) is 0 Å². The van der Waals surface area contributed by atoms with Crippen LogP contribution in [0, 0.1) is 12.8 Å². The maximum absolute atomic E-state index is 13.4. The molecule has 5 rings (SSSR count). The molecule has 0 N–H and O–H groups in total. The summed E-state index contributed by atoms with van der Waals surface area (Å²) in [6.45, 7) is 4.61. The summed E-state index contributed by atoms with van der Waals surface area (Å²) in [6.07, 6.45) is 2.88. The van der Waals surface area contributed by atoms with Crippen molar-refractivity contribution in [3.63, 3.8) is 0 Å². The van der Waals surface area contributed by atoms with Gasteiger partial charge in [0.2, 0.25) is 5.91 Å². The Labute approximate surface area is 173 Å². The number of rotatable bonds is 2. The Balaban J connectivity index is 1.54. The van der Waals surface area contributed by atoms with Crippen LogP contribution in [0.15, 0.2) is 34.4 Å². The molecule has 3 aliphatic heterocycles. The lowest BCUT2D eigenvalue weighted by molar-refractivity contribution is -0.137. The van der Waals surface area contributed by atoms with E-state index in [0.29, 0.717) is 13.1 Å². The van der Waals surface area contributed by atoms with Crippen LogP contribution in [0.2, 0.25) is 0 Å². The number of carbonyl (C=O) groups excluding carboxylic acids is 2. The molecule has 2 saturated heterocycles. The number of aromatic nitrogens is 1. The highest BCUT2D eigenvalue weighted by molar-refractivity contribution is 7.12. The molecule has 2 fully saturated rings. The Morgan fingerprint density at radius 3 is 2.59 bits per heavy atom. The van der Waals surface area contributed by atoms with E-state index in [1.165, 1.54) is 11.3 Å². The SMILES string of the molecule is Cc1ccsc1C(=O)N1C[C@@H]2C[C@H](C1)[C@H](C(=O)N1CCCC1)n1c2cccc1=O. The minimum Gasteiger partial charge on any atom is -0.341 e. The summed E-state index contributed by atoms with van der Waals surface area (Å²) in [7, 11) is 0. The van der Waals surface area contributed by atoms with Crippen molar-refractivity contribution >= 4 is 23.2 Å². The molecule has 2 bridgehead atoms. The van der Waals surface area contributed by atoms with Gasteiger partial charge in [0, 0.05) is 49.8 Å². The molecule has 6 nitrogen and oxygen atoms in total. The van der Waals surface area contributed by atoms with E-state index in [1.807, 2.05) is 34.2 Å². The molecule has 0 aromatic carbocycles. The molecule has 3 aliphatic rings. The monoisotopic (exact) mass is 411 g/mol. The van der Waals surface area contributed by atoms with E-state index in [1.54, 1.807) is 16.7 Å². The topological polar surface area (TPSA) is 62.6 Å². The van der Waals surface area contributed by atoms with Gasteiger partial charge in [0.1, 0.15) is 6.04 Å². The Morgan fingerprint density at radius 1 is 1.07 bits per heavy atom. The Bertz CT molecular complexity index is 1020. The van der Waals surface area contributed by atoms with Crippen molar-refractivity contribution in [2.75, 3.05) is 26.2 Å². The van der Waals surface area contributed by atoms with Crippen molar-refractivity contribution in [1.82, 2.24) is 14.4 Å². The molecule has 5 heterocycles. The first-order valence-electron chi connectivity index (χ1n) is 10.4. The molecule has 0 aliphatic carbocycles. The molecule has 2 aromatic heterocycles. The van der Waals surface area contributed by atoms with Gasteiger partial charge in [-0.15, -0.1) is 11.3 Å². The van der Waals surface area contributed by atoms with E-state index in [0.717, 1.165) is 48.5 Å². The molecular formula is C22H25N3O3S. The number of fused-ring (bicyclic) bond motifs is 4. The molecule has 7 heteroatoms. The number of hydrogen-bond donors (Lipinski definition) is 0. The summed E-state index contributed by atoms with van der Waals surface area (Å²) in [5, 5.41) is 1.95. The third kappa shape index (κ3) is 3.03. The number of piperidine rings is 1. The van der Waals surface area contributed by atoms with Gasteiger partial charge in [0.25, 0.3) is 11.5 Å². The van der Waals surface area contributed by atoms with Crippen LogP contribution in [0.25, 0.3) is 0 Å². The van der Waals surface area contributed by atoms with E-state index >= 15 is 0 Å². The highest BCUT2D eigenvalue weighted by Gasteiger charge is 2.46. The Morgan fingerprint density at radius 2 is 1.86 bits per heavy atom. The maximum Gasteiger partial charge on any atom is 0.264 e. The molecule has 0 saturated carbocycles. The first-order chi connectivity index (χ1) is 14.0. The largest absolute Gasteiger partial charge is 0.341 e. The van der Waals surface area contributed by atoms with Gasteiger partial charge >= 0.3 is 0 Å². The van der Waals surface area contributed by atoms with Crippen LogP contribution in [-0.2, 0) is 4.79 Å². The van der Waals surface area contributed by atoms with E-state index in [4.69, 9.17) is 0 Å². The van der Waals surface area contributed by atoms with E-state index in [9.17, 15) is 14.4 Å². The molecule has 152 valence electrons. The Hall–Kier alpha value is -2.41. The molecule has 3 atom stereocenters. The van der Waals surface area contributed by atoms with Crippen molar-refractivity contribution in [1.29, 1.82) is 0 Å². The van der Waals surface area contributed by atoms with E-state index in [-0.39, 0.29) is 29.2 Å². The van der Waals surface area contributed by atoms with Crippen molar-refractivity contribution in [3.8, 4) is 0 Å². The van der Waals surface area contributed by atoms with Crippen LogP contribution in [-0.4, -0.2) is 52.4 Å². The minimum atomic E-state index is -0.506. The summed E-state index contributed by atoms with van der Waals surface area (Å²) in [4.78, 5) is 44.0. The van der Waals surface area contributed by atoms with Gasteiger partial charge in [0.05, 0.1) is 4.88 Å². The molecule has 0 unspecified atom stereocenters. The zero-order valence-electron chi connectivity index (χ0n) is 16.5. The summed E-state index contributed by atoms with van der Waals surface area (Å²) in [6, 6.07) is 6.74. The van der Waals surface area contributed by atoms with Gasteiger partial charge in [-0.3, -0.25) is 19.0 Å². The lowest BCUT2D eigenvalue weighted by Gasteiger charge is -2.46. The first kappa shape index (κ1) is 18.6. The van der Waals surface area contributed by atoms with Crippen LogP contribution in [0.4, 0.5) is 0 Å². The molecular weight excluding hydrogens is 386 g/mol. The minimum absolute atomic E-state index is 0.0290. The van der Waals surface area contributed by atoms with Crippen LogP contribution in [0.1, 0.15) is 52.2 Å². The van der Waals surface area contributed by atoms with Crippen LogP contribution >= 0.6 is 11.3 Å². The quantitative estimate of drug-likeness (QED) is 0.763. The van der Waals surface area contributed by atoms with E-state index < -0.39 is 6.04 Å². The number of amides is 2. The number of pyridine rings is 1. The third-order valence-corrected chi connectivity index (χ3v) is 7.67. The number of nitrogens with zero attached hydrogens (tertiary/aromatic N) is 3. The molecule has 0 spiro atoms. The third-order valence-electron chi connectivity index (χ3n) is 6.66. The smallest absolute Gasteiger partial charge is 0.264 e. The van der Waals surface area contributed by atoms with Crippen molar-refractivity contribution in [2.24, 2.45) is 5.92 Å². The highest BCUT2D eigenvalue weighted by Crippen LogP contribution is 2.42. The molecule has 2 amide bonds. The summed E-state index contributed by atoms with van der Waals surface area (Å²) < 4.78 is 1.73. The van der Waals surface area contributed by atoms with Gasteiger partial charge in [-0.25, -0.2) is 0 Å². The fourth-order valence-electron chi connectivity index (χ4n) is 5.28. The van der Waals surface area contributed by atoms with Crippen LogP contribution < -0.4 is 5.56 Å². The molecule has 0 radical (unpaired) electrons. The second-order valence-corrected chi connectivity index (χ2v) is 9.39. The average molecular weight is 412 g/mol. The van der Waals surface area contributed by atoms with Crippen molar-refractivity contribution in [2.45, 2.75) is 38.1 Å². The van der Waals surface area contributed by atoms with E-state index in [2.05, 4.69) is 0 Å². The second-order valence-electron chi connectivity index (χ2n) is 8.47. The fourth-order valence-corrected chi connectivity index (χ4v) is 6.17. The fraction of sp³-hybridized carbons (Fsp3) is 0.500. The van der Waals surface area contributed by atoms with Crippen LogP contribution in [0.5, 0.6) is 0 Å². The average Bonchev–Trinajstić information content (AvgIpc) is 3.40. The molecule has 29 heavy (non-hydrogen) atoms. The summed E-state index contributed by atoms with van der Waals surface area (Å²) in [5.41, 5.74) is 1.78. The number of carbonyl (C=O) groups is 2. The van der Waals surface area contributed by atoms with Gasteiger partial charge in [-0.2, -0.15) is 0 Å².